The highest BCUT2D eigenvalue weighted by Gasteiger charge is 2.38. The highest BCUT2D eigenvalue weighted by atomic mass is 19.1. The topological polar surface area (TPSA) is 130 Å². The van der Waals surface area contributed by atoms with Crippen LogP contribution in [0.1, 0.15) is 32.3 Å². The third-order valence-electron chi connectivity index (χ3n) is 5.70. The van der Waals surface area contributed by atoms with Gasteiger partial charge < -0.3 is 21.1 Å². The summed E-state index contributed by atoms with van der Waals surface area (Å²) < 4.78 is 14.8. The van der Waals surface area contributed by atoms with Crippen LogP contribution in [0.2, 0.25) is 0 Å². The van der Waals surface area contributed by atoms with Gasteiger partial charge in [-0.1, -0.05) is 6.07 Å². The molecule has 3 aliphatic heterocycles. The van der Waals surface area contributed by atoms with Crippen LogP contribution in [0.25, 0.3) is 0 Å². The molecule has 0 radical (unpaired) electrons. The number of carbonyl (C=O) groups excluding carboxylic acids is 2. The molecule has 1 saturated carbocycles. The number of urea groups is 1. The Morgan fingerprint density at radius 3 is 2.70 bits per heavy atom. The number of aliphatic imine (C=N–C) groups is 1. The van der Waals surface area contributed by atoms with Gasteiger partial charge >= 0.3 is 6.03 Å². The largest absolute Gasteiger partial charge is 0.386 e. The number of imide groups is 1. The average molecular weight is 453 g/mol. The van der Waals surface area contributed by atoms with Crippen molar-refractivity contribution < 1.29 is 19.1 Å². The lowest BCUT2D eigenvalue weighted by Crippen LogP contribution is -2.41. The molecule has 5 rings (SSSR count). The van der Waals surface area contributed by atoms with E-state index in [2.05, 4.69) is 31.4 Å². The number of amides is 3. The number of carbonyl (C=O) groups is 2. The second-order valence-corrected chi connectivity index (χ2v) is 8.93. The van der Waals surface area contributed by atoms with Crippen LogP contribution in [0.15, 0.2) is 52.0 Å². The van der Waals surface area contributed by atoms with E-state index in [-0.39, 0.29) is 11.4 Å². The van der Waals surface area contributed by atoms with Crippen LogP contribution in [0, 0.1) is 11.7 Å². The van der Waals surface area contributed by atoms with Crippen LogP contribution in [-0.4, -0.2) is 46.3 Å². The maximum Gasteiger partial charge on any atom is 0.326 e. The Bertz CT molecular complexity index is 1150. The van der Waals surface area contributed by atoms with Gasteiger partial charge in [-0.3, -0.25) is 10.1 Å². The Morgan fingerprint density at radius 2 is 2.06 bits per heavy atom. The Kier molecular flexibility index (Phi) is 4.93. The van der Waals surface area contributed by atoms with Crippen molar-refractivity contribution in [3.8, 4) is 0 Å². The molecular formula is C22H24FN7O3. The highest BCUT2D eigenvalue weighted by molar-refractivity contribution is 6.12. The van der Waals surface area contributed by atoms with Gasteiger partial charge in [0, 0.05) is 18.3 Å². The van der Waals surface area contributed by atoms with Gasteiger partial charge in [0.1, 0.15) is 23.2 Å². The zero-order valence-corrected chi connectivity index (χ0v) is 18.1. The molecule has 2 fully saturated rings. The predicted octanol–water partition coefficient (Wildman–Crippen LogP) is 1.44. The molecule has 3 heterocycles. The van der Waals surface area contributed by atoms with E-state index in [1.165, 1.54) is 6.07 Å². The van der Waals surface area contributed by atoms with Crippen LogP contribution < -0.4 is 21.3 Å². The summed E-state index contributed by atoms with van der Waals surface area (Å²) in [4.78, 5) is 28.1. The van der Waals surface area contributed by atoms with Crippen LogP contribution in [-0.2, 0) is 10.4 Å². The number of anilines is 1. The fourth-order valence-electron chi connectivity index (χ4n) is 3.75. The fourth-order valence-corrected chi connectivity index (χ4v) is 3.75. The maximum absolute atomic E-state index is 14.8. The minimum Gasteiger partial charge on any atom is -0.386 e. The van der Waals surface area contributed by atoms with E-state index < -0.39 is 35.4 Å². The van der Waals surface area contributed by atoms with Gasteiger partial charge in [0.25, 0.3) is 5.91 Å². The summed E-state index contributed by atoms with van der Waals surface area (Å²) in [5.74, 6) is -0.288. The second-order valence-electron chi connectivity index (χ2n) is 8.93. The van der Waals surface area contributed by atoms with E-state index in [1.54, 1.807) is 49.4 Å². The Balaban J connectivity index is 1.43. The molecular weight excluding hydrogens is 429 g/mol. The maximum atomic E-state index is 14.8. The quantitative estimate of drug-likeness (QED) is 0.339. The first kappa shape index (κ1) is 21.1. The molecule has 11 heteroatoms. The number of halogens is 1. The van der Waals surface area contributed by atoms with Gasteiger partial charge in [0.05, 0.1) is 17.2 Å². The van der Waals surface area contributed by atoms with E-state index in [0.717, 1.165) is 12.8 Å². The van der Waals surface area contributed by atoms with Gasteiger partial charge in [-0.25, -0.2) is 19.2 Å². The van der Waals surface area contributed by atoms with Crippen molar-refractivity contribution in [2.24, 2.45) is 16.0 Å². The fraction of sp³-hybridized carbons (Fsp3) is 0.364. The van der Waals surface area contributed by atoms with Crippen LogP contribution in [0.4, 0.5) is 14.9 Å². The molecule has 2 unspecified atom stereocenters. The first-order valence-corrected chi connectivity index (χ1v) is 10.7. The van der Waals surface area contributed by atoms with Gasteiger partial charge in [0.15, 0.2) is 6.17 Å². The summed E-state index contributed by atoms with van der Waals surface area (Å²) in [6.45, 7) is 3.18. The van der Waals surface area contributed by atoms with E-state index in [4.69, 9.17) is 0 Å². The van der Waals surface area contributed by atoms with Crippen molar-refractivity contribution in [1.29, 1.82) is 0 Å². The molecule has 4 aliphatic rings. The van der Waals surface area contributed by atoms with E-state index >= 15 is 0 Å². The minimum absolute atomic E-state index is 0.141. The Hall–Kier alpha value is -3.73. The lowest BCUT2D eigenvalue weighted by Gasteiger charge is -2.30. The van der Waals surface area contributed by atoms with Crippen LogP contribution in [0.3, 0.4) is 0 Å². The Morgan fingerprint density at radius 1 is 1.27 bits per heavy atom. The smallest absolute Gasteiger partial charge is 0.326 e. The van der Waals surface area contributed by atoms with Crippen molar-refractivity contribution in [2.45, 2.75) is 44.5 Å². The number of amidine groups is 1. The normalized spacial score (nSPS) is 25.5. The van der Waals surface area contributed by atoms with Crippen molar-refractivity contribution in [1.82, 2.24) is 21.0 Å². The van der Waals surface area contributed by atoms with Gasteiger partial charge in [-0.2, -0.15) is 5.10 Å². The molecule has 0 aromatic heterocycles. The number of hydrazone groups is 1. The molecule has 0 spiro atoms. The average Bonchev–Trinajstić information content (AvgIpc) is 3.37. The summed E-state index contributed by atoms with van der Waals surface area (Å²) >= 11 is 0. The lowest BCUT2D eigenvalue weighted by molar-refractivity contribution is -0.115. The number of fused-ring (bicyclic) bond motifs is 1. The summed E-state index contributed by atoms with van der Waals surface area (Å²) in [5, 5.41) is 27.4. The molecule has 33 heavy (non-hydrogen) atoms. The highest BCUT2D eigenvalue weighted by Crippen LogP contribution is 2.31. The number of aliphatic hydroxyl groups is 1. The van der Waals surface area contributed by atoms with Crippen molar-refractivity contribution in [2.75, 3.05) is 5.32 Å². The molecule has 1 aromatic rings. The van der Waals surface area contributed by atoms with Gasteiger partial charge in [0.2, 0.25) is 0 Å². The third kappa shape index (κ3) is 4.31. The molecule has 1 aliphatic carbocycles. The standard InChI is InChI=1S/C22H24FN7O3/c1-22(2,33)12-3-6-15(14(23)8-12)26-17-9-18(25-13-4-5-13)30-19(28-17)11(10-24-30)7-16-20(31)29-21(32)27-16/h3,6-11,13,19,25,33H,4-5H2,1-2H3,(H,26,28)(H2,27,29,31,32)/b16-7-. The number of hydrogen-bond donors (Lipinski definition) is 5. The lowest BCUT2D eigenvalue weighted by atomic mass is 9.98. The van der Waals surface area contributed by atoms with Gasteiger partial charge in [-0.05, 0) is 50.5 Å². The number of hydrogen-bond acceptors (Lipinski definition) is 8. The first-order chi connectivity index (χ1) is 15.7. The molecule has 5 N–H and O–H groups in total. The Labute approximate surface area is 189 Å². The summed E-state index contributed by atoms with van der Waals surface area (Å²) in [5.41, 5.74) is -0.342. The SMILES string of the molecule is CC(C)(O)c1ccc(NC2=NC3C(/C=C4\NC(=O)NC4=O)C=NN3C(NC3CC3)=C2)c(F)c1. The minimum atomic E-state index is -1.16. The third-order valence-corrected chi connectivity index (χ3v) is 5.70. The monoisotopic (exact) mass is 453 g/mol. The molecule has 2 atom stereocenters. The van der Waals surface area contributed by atoms with Gasteiger partial charge in [-0.15, -0.1) is 0 Å². The van der Waals surface area contributed by atoms with Crippen molar-refractivity contribution in [3.63, 3.8) is 0 Å². The number of nitrogens with one attached hydrogen (secondary N) is 4. The second kappa shape index (κ2) is 7.69. The zero-order chi connectivity index (χ0) is 23.3. The summed E-state index contributed by atoms with van der Waals surface area (Å²) in [7, 11) is 0. The number of benzene rings is 1. The van der Waals surface area contributed by atoms with E-state index in [1.807, 2.05) is 0 Å². The van der Waals surface area contributed by atoms with Crippen LogP contribution in [0.5, 0.6) is 0 Å². The van der Waals surface area contributed by atoms with E-state index in [0.29, 0.717) is 23.3 Å². The van der Waals surface area contributed by atoms with Crippen molar-refractivity contribution >= 4 is 29.7 Å². The van der Waals surface area contributed by atoms with E-state index in [9.17, 15) is 19.1 Å². The zero-order valence-electron chi connectivity index (χ0n) is 18.1. The first-order valence-electron chi connectivity index (χ1n) is 10.7. The predicted molar refractivity (Wildman–Crippen MR) is 119 cm³/mol. The summed E-state index contributed by atoms with van der Waals surface area (Å²) in [6, 6.07) is 4.27. The molecule has 3 amide bonds. The number of rotatable bonds is 5. The summed E-state index contributed by atoms with van der Waals surface area (Å²) in [6.07, 6.45) is 6.60. The van der Waals surface area contributed by atoms with Crippen molar-refractivity contribution in [3.05, 3.63) is 53.2 Å². The molecule has 1 saturated heterocycles. The molecule has 10 nitrogen and oxygen atoms in total. The van der Waals surface area contributed by atoms with Crippen LogP contribution >= 0.6 is 0 Å². The molecule has 1 aromatic carbocycles. The number of nitrogens with zero attached hydrogens (tertiary/aromatic N) is 3. The molecule has 0 bridgehead atoms. The molecule has 172 valence electrons.